The number of benzene rings is 2. The van der Waals surface area contributed by atoms with E-state index in [4.69, 9.17) is 11.6 Å². The van der Waals surface area contributed by atoms with E-state index in [1.807, 2.05) is 0 Å². The Hall–Kier alpha value is -3.07. The standard InChI is InChI=1S/C15H9ClF2N2O5/c16-11-4-2-9(20(23)24)6-13(11)19-14(21)7-25-15(22)10-3-1-8(17)5-12(10)18/h1-6H,7H2,(H,19,21). The normalized spacial score (nSPS) is 10.2. The number of esters is 1. The third-order valence-corrected chi connectivity index (χ3v) is 3.25. The van der Waals surface area contributed by atoms with E-state index in [1.54, 1.807) is 0 Å². The molecule has 0 aliphatic carbocycles. The minimum absolute atomic E-state index is 0.0369. The molecule has 0 aliphatic heterocycles. The van der Waals surface area contributed by atoms with Crippen molar-refractivity contribution >= 4 is 34.9 Å². The Bertz CT molecular complexity index is 860. The molecule has 25 heavy (non-hydrogen) atoms. The topological polar surface area (TPSA) is 98.5 Å². The molecule has 2 aromatic carbocycles. The molecule has 1 amide bonds. The van der Waals surface area contributed by atoms with Crippen LogP contribution in [0.1, 0.15) is 10.4 Å². The molecule has 0 heterocycles. The van der Waals surface area contributed by atoms with Crippen LogP contribution in [0.3, 0.4) is 0 Å². The second-order valence-electron chi connectivity index (χ2n) is 4.67. The maximum absolute atomic E-state index is 13.4. The maximum atomic E-state index is 13.4. The van der Waals surface area contributed by atoms with E-state index in [1.165, 1.54) is 6.07 Å². The van der Waals surface area contributed by atoms with E-state index in [9.17, 15) is 28.5 Å². The number of nitro benzene ring substituents is 1. The number of non-ortho nitro benzene ring substituents is 1. The van der Waals surface area contributed by atoms with Crippen molar-refractivity contribution < 1.29 is 28.0 Å². The highest BCUT2D eigenvalue weighted by Gasteiger charge is 2.17. The second-order valence-corrected chi connectivity index (χ2v) is 5.08. The molecule has 2 rings (SSSR count). The number of carbonyl (C=O) groups is 2. The molecule has 0 fully saturated rings. The molecule has 7 nitrogen and oxygen atoms in total. The summed E-state index contributed by atoms with van der Waals surface area (Å²) in [7, 11) is 0. The van der Waals surface area contributed by atoms with Gasteiger partial charge in [-0.3, -0.25) is 14.9 Å². The molecule has 0 bridgehead atoms. The lowest BCUT2D eigenvalue weighted by atomic mass is 10.2. The minimum atomic E-state index is -1.17. The molecule has 1 N–H and O–H groups in total. The number of hydrogen-bond donors (Lipinski definition) is 1. The van der Waals surface area contributed by atoms with E-state index < -0.39 is 40.6 Å². The first-order valence-corrected chi connectivity index (χ1v) is 7.01. The number of amides is 1. The fraction of sp³-hybridized carbons (Fsp3) is 0.0667. The highest BCUT2D eigenvalue weighted by molar-refractivity contribution is 6.33. The van der Waals surface area contributed by atoms with E-state index in [0.29, 0.717) is 6.07 Å². The van der Waals surface area contributed by atoms with E-state index in [2.05, 4.69) is 10.1 Å². The Morgan fingerprint density at radius 3 is 2.56 bits per heavy atom. The molecule has 0 aromatic heterocycles. The number of hydrogen-bond acceptors (Lipinski definition) is 5. The first-order chi connectivity index (χ1) is 11.8. The Balaban J connectivity index is 2.00. The van der Waals surface area contributed by atoms with E-state index in [0.717, 1.165) is 24.3 Å². The van der Waals surface area contributed by atoms with Gasteiger partial charge in [-0.2, -0.15) is 0 Å². The molecule has 10 heteroatoms. The van der Waals surface area contributed by atoms with Crippen LogP contribution in [0.5, 0.6) is 0 Å². The number of nitrogens with zero attached hydrogens (tertiary/aromatic N) is 1. The zero-order valence-corrected chi connectivity index (χ0v) is 13.0. The second kappa shape index (κ2) is 7.67. The quantitative estimate of drug-likeness (QED) is 0.494. The maximum Gasteiger partial charge on any atom is 0.341 e. The third-order valence-electron chi connectivity index (χ3n) is 2.92. The minimum Gasteiger partial charge on any atom is -0.452 e. The zero-order chi connectivity index (χ0) is 18.6. The van der Waals surface area contributed by atoms with Gasteiger partial charge in [0.2, 0.25) is 0 Å². The smallest absolute Gasteiger partial charge is 0.341 e. The van der Waals surface area contributed by atoms with Gasteiger partial charge < -0.3 is 10.1 Å². The molecule has 2 aromatic rings. The SMILES string of the molecule is O=C(COC(=O)c1ccc(F)cc1F)Nc1cc([N+](=O)[O-])ccc1Cl. The van der Waals surface area contributed by atoms with Crippen LogP contribution < -0.4 is 5.32 Å². The van der Waals surface area contributed by atoms with Gasteiger partial charge in [-0.05, 0) is 18.2 Å². The van der Waals surface area contributed by atoms with E-state index in [-0.39, 0.29) is 16.4 Å². The van der Waals surface area contributed by atoms with Gasteiger partial charge in [0.1, 0.15) is 11.6 Å². The van der Waals surface area contributed by atoms with Crippen LogP contribution in [-0.2, 0) is 9.53 Å². The number of nitro groups is 1. The lowest BCUT2D eigenvalue weighted by Crippen LogP contribution is -2.21. The molecule has 0 radical (unpaired) electrons. The summed E-state index contributed by atoms with van der Waals surface area (Å²) in [6, 6.07) is 5.64. The largest absolute Gasteiger partial charge is 0.452 e. The number of halogens is 3. The van der Waals surface area contributed by atoms with Gasteiger partial charge in [-0.25, -0.2) is 13.6 Å². The van der Waals surface area contributed by atoms with Crippen molar-refractivity contribution in [3.63, 3.8) is 0 Å². The average Bonchev–Trinajstić information content (AvgIpc) is 2.54. The van der Waals surface area contributed by atoms with Crippen LogP contribution in [0.25, 0.3) is 0 Å². The van der Waals surface area contributed by atoms with Crippen LogP contribution >= 0.6 is 11.6 Å². The lowest BCUT2D eigenvalue weighted by molar-refractivity contribution is -0.384. The Labute approximate surface area is 144 Å². The van der Waals surface area contributed by atoms with Crippen LogP contribution in [0.15, 0.2) is 36.4 Å². The monoisotopic (exact) mass is 370 g/mol. The number of anilines is 1. The third kappa shape index (κ3) is 4.70. The van der Waals surface area contributed by atoms with Crippen LogP contribution in [0.4, 0.5) is 20.2 Å². The summed E-state index contributed by atoms with van der Waals surface area (Å²) in [5.74, 6) is -4.02. The highest BCUT2D eigenvalue weighted by Crippen LogP contribution is 2.26. The average molecular weight is 371 g/mol. The van der Waals surface area contributed by atoms with Crippen molar-refractivity contribution in [2.45, 2.75) is 0 Å². The Kier molecular flexibility index (Phi) is 5.60. The van der Waals surface area contributed by atoms with Crippen molar-refractivity contribution in [1.29, 1.82) is 0 Å². The van der Waals surface area contributed by atoms with Gasteiger partial charge in [0.05, 0.1) is 21.2 Å². The van der Waals surface area contributed by atoms with Crippen LogP contribution in [0, 0.1) is 21.7 Å². The molecular weight excluding hydrogens is 362 g/mol. The zero-order valence-electron chi connectivity index (χ0n) is 12.3. The predicted octanol–water partition coefficient (Wildman–Crippen LogP) is 3.32. The number of carbonyl (C=O) groups excluding carboxylic acids is 2. The first kappa shape index (κ1) is 18.3. The van der Waals surface area contributed by atoms with Gasteiger partial charge in [0, 0.05) is 18.2 Å². The summed E-state index contributed by atoms with van der Waals surface area (Å²) in [5, 5.41) is 13.0. The van der Waals surface area contributed by atoms with Gasteiger partial charge in [-0.15, -0.1) is 0 Å². The van der Waals surface area contributed by atoms with Crippen molar-refractivity contribution in [3.05, 3.63) is 68.7 Å². The Morgan fingerprint density at radius 1 is 1.20 bits per heavy atom. The van der Waals surface area contributed by atoms with Crippen molar-refractivity contribution in [1.82, 2.24) is 0 Å². The van der Waals surface area contributed by atoms with Crippen LogP contribution in [0.2, 0.25) is 5.02 Å². The molecular formula is C15H9ClF2N2O5. The van der Waals surface area contributed by atoms with Gasteiger partial charge in [-0.1, -0.05) is 11.6 Å². The van der Waals surface area contributed by atoms with Gasteiger partial charge >= 0.3 is 5.97 Å². The molecule has 0 saturated carbocycles. The first-order valence-electron chi connectivity index (χ1n) is 6.64. The predicted molar refractivity (Wildman–Crippen MR) is 83.4 cm³/mol. The lowest BCUT2D eigenvalue weighted by Gasteiger charge is -2.08. The number of ether oxygens (including phenoxy) is 1. The molecule has 0 spiro atoms. The van der Waals surface area contributed by atoms with Crippen molar-refractivity contribution in [2.24, 2.45) is 0 Å². The highest BCUT2D eigenvalue weighted by atomic mass is 35.5. The summed E-state index contributed by atoms with van der Waals surface area (Å²) in [6.45, 7) is -0.797. The van der Waals surface area contributed by atoms with Gasteiger partial charge in [0.25, 0.3) is 11.6 Å². The summed E-state index contributed by atoms with van der Waals surface area (Å²) in [5.41, 5.74) is -0.891. The van der Waals surface area contributed by atoms with Crippen molar-refractivity contribution in [2.75, 3.05) is 11.9 Å². The summed E-state index contributed by atoms with van der Waals surface area (Å²) in [6.07, 6.45) is 0. The molecule has 130 valence electrons. The summed E-state index contributed by atoms with van der Waals surface area (Å²) >= 11 is 5.81. The van der Waals surface area contributed by atoms with Crippen LogP contribution in [-0.4, -0.2) is 23.4 Å². The fourth-order valence-electron chi connectivity index (χ4n) is 1.77. The summed E-state index contributed by atoms with van der Waals surface area (Å²) < 4.78 is 30.8. The fourth-order valence-corrected chi connectivity index (χ4v) is 1.94. The number of rotatable bonds is 5. The molecule has 0 saturated heterocycles. The Morgan fingerprint density at radius 2 is 1.92 bits per heavy atom. The van der Waals surface area contributed by atoms with E-state index >= 15 is 0 Å². The van der Waals surface area contributed by atoms with Crippen molar-refractivity contribution in [3.8, 4) is 0 Å². The number of nitrogens with one attached hydrogen (secondary N) is 1. The van der Waals surface area contributed by atoms with Gasteiger partial charge in [0.15, 0.2) is 6.61 Å². The molecule has 0 aliphatic rings. The molecule has 0 unspecified atom stereocenters. The molecule has 0 atom stereocenters. The summed E-state index contributed by atoms with van der Waals surface area (Å²) in [4.78, 5) is 33.4.